The van der Waals surface area contributed by atoms with E-state index < -0.39 is 12.0 Å². The number of nitrogens with one attached hydrogen (secondary N) is 1. The number of fused-ring (bicyclic) bond motifs is 1. The van der Waals surface area contributed by atoms with Crippen molar-refractivity contribution in [1.29, 1.82) is 0 Å². The third-order valence-electron chi connectivity index (χ3n) is 3.42. The molecule has 0 spiro atoms. The number of hydrogen-bond acceptors (Lipinski definition) is 5. The van der Waals surface area contributed by atoms with Crippen LogP contribution in [0, 0.1) is 0 Å². The predicted molar refractivity (Wildman–Crippen MR) is 89.0 cm³/mol. The van der Waals surface area contributed by atoms with Gasteiger partial charge in [-0.2, -0.15) is 0 Å². The van der Waals surface area contributed by atoms with Gasteiger partial charge in [-0.25, -0.2) is 9.97 Å². The summed E-state index contributed by atoms with van der Waals surface area (Å²) in [5.74, 6) is -0.461. The maximum Gasteiger partial charge on any atom is 0.276 e. The summed E-state index contributed by atoms with van der Waals surface area (Å²) in [7, 11) is 0. The summed E-state index contributed by atoms with van der Waals surface area (Å²) in [6, 6.07) is 14.1. The summed E-state index contributed by atoms with van der Waals surface area (Å²) in [5.41, 5.74) is 8.30. The molecule has 0 saturated carbocycles. The second-order valence-electron chi connectivity index (χ2n) is 5.16. The van der Waals surface area contributed by atoms with Crippen molar-refractivity contribution in [3.05, 3.63) is 59.9 Å². The van der Waals surface area contributed by atoms with E-state index in [4.69, 9.17) is 5.73 Å². The van der Waals surface area contributed by atoms with Gasteiger partial charge in [0.1, 0.15) is 5.69 Å². The molecular formula is C17H16N4O2. The van der Waals surface area contributed by atoms with Gasteiger partial charge in [0.2, 0.25) is 0 Å². The van der Waals surface area contributed by atoms with Crippen LogP contribution in [0.1, 0.15) is 29.2 Å². The maximum absolute atomic E-state index is 12.6. The van der Waals surface area contributed by atoms with Crippen LogP contribution in [0.25, 0.3) is 11.0 Å². The van der Waals surface area contributed by atoms with Gasteiger partial charge < -0.3 is 16.2 Å². The fraction of sp³-hybridized carbons (Fsp3) is 0.118. The Morgan fingerprint density at radius 3 is 2.35 bits per heavy atom. The summed E-state index contributed by atoms with van der Waals surface area (Å²) >= 11 is 0. The Morgan fingerprint density at radius 2 is 1.70 bits per heavy atom. The zero-order chi connectivity index (χ0) is 16.4. The molecule has 0 saturated heterocycles. The lowest BCUT2D eigenvalue weighted by Gasteiger charge is -2.12. The molecule has 6 heteroatoms. The summed E-state index contributed by atoms with van der Waals surface area (Å²) in [6.45, 7) is 1.55. The van der Waals surface area contributed by atoms with Crippen molar-refractivity contribution in [3.8, 4) is 0 Å². The number of aliphatic hydroxyl groups is 1. The highest BCUT2D eigenvalue weighted by Gasteiger charge is 2.20. The number of hydrogen-bond donors (Lipinski definition) is 3. The number of para-hydroxylation sites is 4. The Hall–Kier alpha value is -2.99. The lowest BCUT2D eigenvalue weighted by atomic mass is 10.1. The second kappa shape index (κ2) is 6.02. The highest BCUT2D eigenvalue weighted by Crippen LogP contribution is 2.22. The van der Waals surface area contributed by atoms with Crippen LogP contribution in [0.2, 0.25) is 0 Å². The van der Waals surface area contributed by atoms with Gasteiger partial charge in [-0.1, -0.05) is 24.3 Å². The molecule has 0 bridgehead atoms. The highest BCUT2D eigenvalue weighted by molar-refractivity contribution is 6.06. The molecule has 4 N–H and O–H groups in total. The molecule has 0 aliphatic carbocycles. The van der Waals surface area contributed by atoms with Crippen molar-refractivity contribution in [1.82, 2.24) is 9.97 Å². The van der Waals surface area contributed by atoms with Crippen molar-refractivity contribution in [2.24, 2.45) is 0 Å². The molecule has 0 fully saturated rings. The SMILES string of the molecule is CC(O)c1nc2ccccc2nc1C(=O)Nc1ccccc1N. The monoisotopic (exact) mass is 308 g/mol. The minimum Gasteiger partial charge on any atom is -0.397 e. The Bertz CT molecular complexity index is 877. The minimum atomic E-state index is -0.916. The number of nitrogen functional groups attached to an aromatic ring is 1. The Kier molecular flexibility index (Phi) is 3.91. The largest absolute Gasteiger partial charge is 0.397 e. The number of carbonyl (C=O) groups excluding carboxylic acids is 1. The van der Waals surface area contributed by atoms with E-state index in [1.807, 2.05) is 12.1 Å². The zero-order valence-electron chi connectivity index (χ0n) is 12.5. The zero-order valence-corrected chi connectivity index (χ0v) is 12.5. The van der Waals surface area contributed by atoms with Gasteiger partial charge in [0, 0.05) is 0 Å². The molecule has 6 nitrogen and oxygen atoms in total. The molecule has 23 heavy (non-hydrogen) atoms. The van der Waals surface area contributed by atoms with Gasteiger partial charge in [-0.15, -0.1) is 0 Å². The van der Waals surface area contributed by atoms with Crippen LogP contribution in [0.5, 0.6) is 0 Å². The molecule has 0 radical (unpaired) electrons. The summed E-state index contributed by atoms with van der Waals surface area (Å²) in [4.78, 5) is 21.3. The fourth-order valence-electron chi connectivity index (χ4n) is 2.26. The topological polar surface area (TPSA) is 101 Å². The molecule has 2 aromatic carbocycles. The van der Waals surface area contributed by atoms with E-state index in [9.17, 15) is 9.90 Å². The number of aromatic nitrogens is 2. The molecule has 0 aliphatic rings. The van der Waals surface area contributed by atoms with Crippen molar-refractivity contribution in [2.75, 3.05) is 11.1 Å². The van der Waals surface area contributed by atoms with Gasteiger partial charge in [-0.3, -0.25) is 4.79 Å². The number of anilines is 2. The van der Waals surface area contributed by atoms with E-state index in [1.54, 1.807) is 43.3 Å². The predicted octanol–water partition coefficient (Wildman–Crippen LogP) is 2.52. The molecule has 1 amide bonds. The average molecular weight is 308 g/mol. The number of benzene rings is 2. The first-order valence-corrected chi connectivity index (χ1v) is 7.17. The van der Waals surface area contributed by atoms with Gasteiger partial charge in [0.25, 0.3) is 5.91 Å². The number of nitrogens with zero attached hydrogens (tertiary/aromatic N) is 2. The second-order valence-corrected chi connectivity index (χ2v) is 5.16. The molecule has 1 atom stereocenters. The molecule has 3 aromatic rings. The smallest absolute Gasteiger partial charge is 0.276 e. The number of aliphatic hydroxyl groups excluding tert-OH is 1. The van der Waals surface area contributed by atoms with Crippen LogP contribution < -0.4 is 11.1 Å². The van der Waals surface area contributed by atoms with Gasteiger partial charge in [0.15, 0.2) is 5.69 Å². The molecule has 116 valence electrons. The summed E-state index contributed by atoms with van der Waals surface area (Å²) in [5, 5.41) is 12.6. The molecule has 1 unspecified atom stereocenters. The van der Waals surface area contributed by atoms with Crippen LogP contribution in [-0.4, -0.2) is 21.0 Å². The highest BCUT2D eigenvalue weighted by atomic mass is 16.3. The van der Waals surface area contributed by atoms with E-state index in [2.05, 4.69) is 15.3 Å². The Balaban J connectivity index is 2.05. The third-order valence-corrected chi connectivity index (χ3v) is 3.42. The number of carbonyl (C=O) groups is 1. The van der Waals surface area contributed by atoms with E-state index in [-0.39, 0.29) is 11.4 Å². The molecule has 1 aromatic heterocycles. The van der Waals surface area contributed by atoms with Gasteiger partial charge in [0.05, 0.1) is 28.5 Å². The van der Waals surface area contributed by atoms with Crippen LogP contribution in [0.4, 0.5) is 11.4 Å². The summed E-state index contributed by atoms with van der Waals surface area (Å²) in [6.07, 6.45) is -0.916. The van der Waals surface area contributed by atoms with Crippen LogP contribution >= 0.6 is 0 Å². The van der Waals surface area contributed by atoms with E-state index in [0.717, 1.165) is 0 Å². The van der Waals surface area contributed by atoms with E-state index >= 15 is 0 Å². The lowest BCUT2D eigenvalue weighted by molar-refractivity contribution is 0.101. The van der Waals surface area contributed by atoms with Gasteiger partial charge >= 0.3 is 0 Å². The molecule has 3 rings (SSSR count). The number of amides is 1. The molecular weight excluding hydrogens is 292 g/mol. The first-order valence-electron chi connectivity index (χ1n) is 7.17. The molecule has 1 heterocycles. The van der Waals surface area contributed by atoms with Crippen LogP contribution in [0.15, 0.2) is 48.5 Å². The van der Waals surface area contributed by atoms with Crippen molar-refractivity contribution in [2.45, 2.75) is 13.0 Å². The van der Waals surface area contributed by atoms with Crippen molar-refractivity contribution in [3.63, 3.8) is 0 Å². The lowest BCUT2D eigenvalue weighted by Crippen LogP contribution is -2.19. The normalized spacial score (nSPS) is 12.1. The van der Waals surface area contributed by atoms with E-state index in [0.29, 0.717) is 22.4 Å². The Labute approximate surface area is 133 Å². The van der Waals surface area contributed by atoms with E-state index in [1.165, 1.54) is 0 Å². The Morgan fingerprint density at radius 1 is 1.09 bits per heavy atom. The van der Waals surface area contributed by atoms with Crippen LogP contribution in [0.3, 0.4) is 0 Å². The standard InChI is InChI=1S/C17H16N4O2/c1-10(22)15-16(20-14-9-5-4-8-13(14)19-15)17(23)21-12-7-3-2-6-11(12)18/h2-10,22H,18H2,1H3,(H,21,23). The minimum absolute atomic E-state index is 0.0851. The number of nitrogens with two attached hydrogens (primary N) is 1. The van der Waals surface area contributed by atoms with Crippen molar-refractivity contribution < 1.29 is 9.90 Å². The third kappa shape index (κ3) is 2.97. The summed E-state index contributed by atoms with van der Waals surface area (Å²) < 4.78 is 0. The maximum atomic E-state index is 12.6. The fourth-order valence-corrected chi connectivity index (χ4v) is 2.26. The first-order chi connectivity index (χ1) is 11.1. The van der Waals surface area contributed by atoms with Gasteiger partial charge in [-0.05, 0) is 31.2 Å². The quantitative estimate of drug-likeness (QED) is 0.645. The molecule has 0 aliphatic heterocycles. The number of rotatable bonds is 3. The first kappa shape index (κ1) is 14.9. The average Bonchev–Trinajstić information content (AvgIpc) is 2.55. The van der Waals surface area contributed by atoms with Crippen molar-refractivity contribution >= 4 is 28.3 Å². The van der Waals surface area contributed by atoms with Crippen LogP contribution in [-0.2, 0) is 0 Å².